The summed E-state index contributed by atoms with van der Waals surface area (Å²) >= 11 is 3.56. The van der Waals surface area contributed by atoms with Crippen molar-refractivity contribution in [3.8, 4) is 5.75 Å². The Hall–Kier alpha value is -2.47. The lowest BCUT2D eigenvalue weighted by Gasteiger charge is -2.22. The molecule has 2 aromatic carbocycles. The van der Waals surface area contributed by atoms with E-state index in [0.717, 1.165) is 40.0 Å². The topological polar surface area (TPSA) is 56.5 Å². The predicted octanol–water partition coefficient (Wildman–Crippen LogP) is 5.88. The van der Waals surface area contributed by atoms with Crippen molar-refractivity contribution in [2.75, 3.05) is 0 Å². The molecule has 1 fully saturated rings. The first-order valence-corrected chi connectivity index (χ1v) is 11.3. The first-order valence-electron chi connectivity index (χ1n) is 10.5. The highest BCUT2D eigenvalue weighted by Gasteiger charge is 2.22. The third-order valence-corrected chi connectivity index (χ3v) is 6.01. The molecule has 1 saturated carbocycles. The van der Waals surface area contributed by atoms with Gasteiger partial charge in [0.1, 0.15) is 11.6 Å². The van der Waals surface area contributed by atoms with E-state index in [-0.39, 0.29) is 17.6 Å². The van der Waals surface area contributed by atoms with Crippen molar-refractivity contribution in [2.45, 2.75) is 58.0 Å². The van der Waals surface area contributed by atoms with Crippen LogP contribution in [0.1, 0.15) is 63.3 Å². The van der Waals surface area contributed by atoms with Crippen LogP contribution in [-0.2, 0) is 0 Å². The van der Waals surface area contributed by atoms with Gasteiger partial charge in [0.15, 0.2) is 0 Å². The Morgan fingerprint density at radius 2 is 1.93 bits per heavy atom. The second-order valence-corrected chi connectivity index (χ2v) is 8.89. The quantitative estimate of drug-likeness (QED) is 0.440. The van der Waals surface area contributed by atoms with Gasteiger partial charge in [-0.25, -0.2) is 4.98 Å². The van der Waals surface area contributed by atoms with Gasteiger partial charge in [-0.15, -0.1) is 0 Å². The van der Waals surface area contributed by atoms with Crippen LogP contribution in [0.4, 0.5) is 0 Å². The van der Waals surface area contributed by atoms with Crippen molar-refractivity contribution in [2.24, 2.45) is 5.10 Å². The van der Waals surface area contributed by atoms with Crippen molar-refractivity contribution < 1.29 is 4.74 Å². The van der Waals surface area contributed by atoms with Gasteiger partial charge in [0, 0.05) is 5.92 Å². The lowest BCUT2D eigenvalue weighted by Crippen LogP contribution is -2.25. The van der Waals surface area contributed by atoms with E-state index < -0.39 is 0 Å². The highest BCUT2D eigenvalue weighted by molar-refractivity contribution is 9.10. The molecule has 1 aromatic heterocycles. The van der Waals surface area contributed by atoms with Crippen molar-refractivity contribution in [3.05, 3.63) is 68.7 Å². The van der Waals surface area contributed by atoms with E-state index in [9.17, 15) is 4.79 Å². The van der Waals surface area contributed by atoms with Gasteiger partial charge >= 0.3 is 0 Å². The summed E-state index contributed by atoms with van der Waals surface area (Å²) in [6, 6.07) is 13.3. The van der Waals surface area contributed by atoms with Crippen LogP contribution >= 0.6 is 15.9 Å². The minimum atomic E-state index is -0.115. The highest BCUT2D eigenvalue weighted by atomic mass is 79.9. The van der Waals surface area contributed by atoms with Crippen LogP contribution in [0.5, 0.6) is 5.75 Å². The SMILES string of the molecule is CC(C)Oc1ccc(C=Nn2c(C3CCCCC3)nc3ccccc3c2=O)cc1Br. The second kappa shape index (κ2) is 9.13. The van der Waals surface area contributed by atoms with Crippen LogP contribution in [0.3, 0.4) is 0 Å². The van der Waals surface area contributed by atoms with E-state index in [1.165, 1.54) is 23.9 Å². The number of aromatic nitrogens is 2. The summed E-state index contributed by atoms with van der Waals surface area (Å²) in [5, 5.41) is 5.18. The first kappa shape index (κ1) is 20.8. The van der Waals surface area contributed by atoms with Gasteiger partial charge in [0.05, 0.1) is 27.7 Å². The maximum atomic E-state index is 13.2. The van der Waals surface area contributed by atoms with E-state index >= 15 is 0 Å². The number of hydrogen-bond acceptors (Lipinski definition) is 4. The van der Waals surface area contributed by atoms with E-state index in [1.54, 1.807) is 6.21 Å². The fourth-order valence-corrected chi connectivity index (χ4v) is 4.44. The Morgan fingerprint density at radius 3 is 2.67 bits per heavy atom. The minimum Gasteiger partial charge on any atom is -0.490 e. The van der Waals surface area contributed by atoms with Gasteiger partial charge in [0.25, 0.3) is 5.56 Å². The number of halogens is 1. The summed E-state index contributed by atoms with van der Waals surface area (Å²) in [7, 11) is 0. The third kappa shape index (κ3) is 4.48. The lowest BCUT2D eigenvalue weighted by atomic mass is 9.88. The molecule has 1 aliphatic carbocycles. The molecule has 0 amide bonds. The zero-order valence-electron chi connectivity index (χ0n) is 17.3. The first-order chi connectivity index (χ1) is 14.5. The lowest BCUT2D eigenvalue weighted by molar-refractivity contribution is 0.241. The fraction of sp³-hybridized carbons (Fsp3) is 0.375. The molecule has 0 unspecified atom stereocenters. The molecule has 0 atom stereocenters. The summed E-state index contributed by atoms with van der Waals surface area (Å²) in [6.45, 7) is 3.99. The zero-order valence-corrected chi connectivity index (χ0v) is 18.9. The van der Waals surface area contributed by atoms with Crippen molar-refractivity contribution in [3.63, 3.8) is 0 Å². The molecule has 0 radical (unpaired) electrons. The standard InChI is InChI=1S/C24H26BrN3O2/c1-16(2)30-22-13-12-17(14-20(22)25)15-26-28-23(18-8-4-3-5-9-18)27-21-11-7-6-10-19(21)24(28)29/h6-7,10-16,18H,3-5,8-9H2,1-2H3. The monoisotopic (exact) mass is 467 g/mol. The Balaban J connectivity index is 1.74. The third-order valence-electron chi connectivity index (χ3n) is 5.39. The average Bonchev–Trinajstić information content (AvgIpc) is 2.75. The van der Waals surface area contributed by atoms with Crippen molar-refractivity contribution in [1.29, 1.82) is 0 Å². The summed E-state index contributed by atoms with van der Waals surface area (Å²) in [5.41, 5.74) is 1.51. The Kier molecular flexibility index (Phi) is 6.32. The number of fused-ring (bicyclic) bond motifs is 1. The summed E-state index contributed by atoms with van der Waals surface area (Å²) < 4.78 is 8.13. The molecule has 4 rings (SSSR count). The number of hydrogen-bond donors (Lipinski definition) is 0. The zero-order chi connectivity index (χ0) is 21.1. The van der Waals surface area contributed by atoms with Gasteiger partial charge in [-0.3, -0.25) is 4.79 Å². The van der Waals surface area contributed by atoms with Gasteiger partial charge in [-0.05, 0) is 78.5 Å². The number of nitrogens with zero attached hydrogens (tertiary/aromatic N) is 3. The smallest absolute Gasteiger partial charge is 0.282 e. The molecular weight excluding hydrogens is 442 g/mol. The van der Waals surface area contributed by atoms with Crippen LogP contribution in [0.2, 0.25) is 0 Å². The molecule has 3 aromatic rings. The molecule has 0 aliphatic heterocycles. The average molecular weight is 468 g/mol. The number of benzene rings is 2. The normalized spacial score (nSPS) is 15.3. The molecule has 30 heavy (non-hydrogen) atoms. The van der Waals surface area contributed by atoms with E-state index in [2.05, 4.69) is 21.0 Å². The Bertz CT molecular complexity index is 1130. The molecule has 1 heterocycles. The molecule has 1 aliphatic rings. The van der Waals surface area contributed by atoms with Gasteiger partial charge in [0.2, 0.25) is 0 Å². The molecule has 5 nitrogen and oxygen atoms in total. The maximum absolute atomic E-state index is 13.2. The number of para-hydroxylation sites is 1. The predicted molar refractivity (Wildman–Crippen MR) is 125 cm³/mol. The maximum Gasteiger partial charge on any atom is 0.282 e. The minimum absolute atomic E-state index is 0.0983. The Labute approximate surface area is 184 Å². The second-order valence-electron chi connectivity index (χ2n) is 8.04. The summed E-state index contributed by atoms with van der Waals surface area (Å²) in [6.07, 6.45) is 7.49. The molecule has 0 spiro atoms. The van der Waals surface area contributed by atoms with Crippen molar-refractivity contribution >= 4 is 33.0 Å². The van der Waals surface area contributed by atoms with Gasteiger partial charge in [-0.2, -0.15) is 9.78 Å². The molecule has 6 heteroatoms. The largest absolute Gasteiger partial charge is 0.490 e. The van der Waals surface area contributed by atoms with E-state index in [0.29, 0.717) is 5.39 Å². The van der Waals surface area contributed by atoms with E-state index in [1.807, 2.05) is 56.3 Å². The molecule has 0 saturated heterocycles. The summed E-state index contributed by atoms with van der Waals surface area (Å²) in [4.78, 5) is 18.1. The molecule has 0 N–H and O–H groups in total. The van der Waals surface area contributed by atoms with Gasteiger partial charge in [-0.1, -0.05) is 31.4 Å². The van der Waals surface area contributed by atoms with Crippen LogP contribution in [0.25, 0.3) is 10.9 Å². The fourth-order valence-electron chi connectivity index (χ4n) is 3.95. The van der Waals surface area contributed by atoms with Crippen LogP contribution in [0, 0.1) is 0 Å². The molecule has 156 valence electrons. The van der Waals surface area contributed by atoms with Crippen LogP contribution in [-0.4, -0.2) is 22.0 Å². The van der Waals surface area contributed by atoms with E-state index in [4.69, 9.17) is 9.72 Å². The van der Waals surface area contributed by atoms with Crippen LogP contribution in [0.15, 0.2) is 56.8 Å². The van der Waals surface area contributed by atoms with Crippen molar-refractivity contribution in [1.82, 2.24) is 9.66 Å². The number of ether oxygens (including phenoxy) is 1. The van der Waals surface area contributed by atoms with Crippen LogP contribution < -0.4 is 10.3 Å². The summed E-state index contributed by atoms with van der Waals surface area (Å²) in [5.74, 6) is 1.82. The number of rotatable bonds is 5. The Morgan fingerprint density at radius 1 is 1.17 bits per heavy atom. The molecular formula is C24H26BrN3O2. The highest BCUT2D eigenvalue weighted by Crippen LogP contribution is 2.32. The van der Waals surface area contributed by atoms with Gasteiger partial charge < -0.3 is 4.74 Å². The molecule has 0 bridgehead atoms.